The number of piperidine rings is 1. The van der Waals surface area contributed by atoms with E-state index in [0.717, 1.165) is 19.5 Å². The van der Waals surface area contributed by atoms with E-state index in [4.69, 9.17) is 14.7 Å². The molecule has 1 saturated heterocycles. The Hall–Kier alpha value is -3.53. The molecule has 0 spiro atoms. The lowest BCUT2D eigenvalue weighted by Crippen LogP contribution is -2.42. The van der Waals surface area contributed by atoms with E-state index >= 15 is 0 Å². The van der Waals surface area contributed by atoms with E-state index in [1.54, 1.807) is 30.3 Å². The van der Waals surface area contributed by atoms with Crippen LogP contribution in [0, 0.1) is 23.2 Å². The van der Waals surface area contributed by atoms with E-state index in [2.05, 4.69) is 25.2 Å². The number of hydrogen-bond donors (Lipinski definition) is 1. The standard InChI is InChI=1S/C26H31N3O4/c1-18-13-19(2)17-29(16-18)26(31)21-7-4-5-8-22(21)28-25(30)9-6-12-33-23-11-10-20(15-27)14-24(23)32-3/h4-5,7-8,10-11,14,18-19H,6,9,12-13,16-17H2,1-3H3,(H,28,30). The fourth-order valence-electron chi connectivity index (χ4n) is 4.26. The van der Waals surface area contributed by atoms with Crippen molar-refractivity contribution in [2.75, 3.05) is 32.1 Å². The molecule has 0 bridgehead atoms. The molecule has 0 aliphatic carbocycles. The Morgan fingerprint density at radius 2 is 1.85 bits per heavy atom. The van der Waals surface area contributed by atoms with Crippen LogP contribution in [0.2, 0.25) is 0 Å². The monoisotopic (exact) mass is 449 g/mol. The van der Waals surface area contributed by atoms with Crippen LogP contribution in [0.4, 0.5) is 5.69 Å². The molecule has 1 aliphatic heterocycles. The lowest BCUT2D eigenvalue weighted by atomic mass is 9.91. The minimum atomic E-state index is -0.175. The number of methoxy groups -OCH3 is 1. The highest BCUT2D eigenvalue weighted by atomic mass is 16.5. The maximum Gasteiger partial charge on any atom is 0.255 e. The van der Waals surface area contributed by atoms with E-state index in [-0.39, 0.29) is 18.2 Å². The number of anilines is 1. The molecule has 1 N–H and O–H groups in total. The highest BCUT2D eigenvalue weighted by Gasteiger charge is 2.27. The molecule has 2 aromatic carbocycles. The molecule has 33 heavy (non-hydrogen) atoms. The van der Waals surface area contributed by atoms with Crippen LogP contribution in [0.1, 0.15) is 49.0 Å². The Labute approximate surface area is 195 Å². The summed E-state index contributed by atoms with van der Waals surface area (Å²) in [6.45, 7) is 6.13. The summed E-state index contributed by atoms with van der Waals surface area (Å²) in [6, 6.07) is 14.2. The lowest BCUT2D eigenvalue weighted by Gasteiger charge is -2.35. The summed E-state index contributed by atoms with van der Waals surface area (Å²) in [5.41, 5.74) is 1.54. The van der Waals surface area contributed by atoms with E-state index in [9.17, 15) is 9.59 Å². The number of nitrogens with one attached hydrogen (secondary N) is 1. The average Bonchev–Trinajstić information content (AvgIpc) is 2.81. The van der Waals surface area contributed by atoms with Crippen molar-refractivity contribution in [3.05, 3.63) is 53.6 Å². The number of nitriles is 1. The average molecular weight is 450 g/mol. The first-order valence-corrected chi connectivity index (χ1v) is 11.3. The maximum absolute atomic E-state index is 13.1. The Morgan fingerprint density at radius 3 is 2.55 bits per heavy atom. The van der Waals surface area contributed by atoms with Crippen molar-refractivity contribution in [1.29, 1.82) is 5.26 Å². The number of rotatable bonds is 8. The highest BCUT2D eigenvalue weighted by Crippen LogP contribution is 2.28. The van der Waals surface area contributed by atoms with Crippen LogP contribution in [-0.4, -0.2) is 43.5 Å². The second-order valence-electron chi connectivity index (χ2n) is 8.68. The Bertz CT molecular complexity index is 1020. The largest absolute Gasteiger partial charge is 0.493 e. The fourth-order valence-corrected chi connectivity index (χ4v) is 4.26. The van der Waals surface area contributed by atoms with Crippen molar-refractivity contribution in [3.8, 4) is 17.6 Å². The minimum absolute atomic E-state index is 0.0412. The molecule has 1 fully saturated rings. The minimum Gasteiger partial charge on any atom is -0.493 e. The second-order valence-corrected chi connectivity index (χ2v) is 8.68. The molecule has 174 valence electrons. The first kappa shape index (κ1) is 24.1. The third-order valence-electron chi connectivity index (χ3n) is 5.69. The van der Waals surface area contributed by atoms with Crippen LogP contribution >= 0.6 is 0 Å². The van der Waals surface area contributed by atoms with Gasteiger partial charge in [-0.15, -0.1) is 0 Å². The predicted octanol–water partition coefficient (Wildman–Crippen LogP) is 4.48. The van der Waals surface area contributed by atoms with Crippen LogP contribution in [0.25, 0.3) is 0 Å². The number of likely N-dealkylation sites (tertiary alicyclic amines) is 1. The number of hydrogen-bond acceptors (Lipinski definition) is 5. The van der Waals surface area contributed by atoms with Crippen molar-refractivity contribution in [2.45, 2.75) is 33.1 Å². The van der Waals surface area contributed by atoms with Crippen LogP contribution in [0.15, 0.2) is 42.5 Å². The Kier molecular flexibility index (Phi) is 8.31. The number of ether oxygens (including phenoxy) is 2. The first-order valence-electron chi connectivity index (χ1n) is 11.3. The van der Waals surface area contributed by atoms with Gasteiger partial charge in [-0.1, -0.05) is 26.0 Å². The quantitative estimate of drug-likeness (QED) is 0.600. The molecule has 2 aromatic rings. The Balaban J connectivity index is 1.54. The molecule has 7 nitrogen and oxygen atoms in total. The zero-order chi connectivity index (χ0) is 23.8. The zero-order valence-corrected chi connectivity index (χ0v) is 19.5. The molecule has 2 amide bonds. The summed E-state index contributed by atoms with van der Waals surface area (Å²) in [5, 5.41) is 11.9. The van der Waals surface area contributed by atoms with Gasteiger partial charge in [0, 0.05) is 25.6 Å². The summed E-state index contributed by atoms with van der Waals surface area (Å²) in [7, 11) is 1.51. The number of nitrogens with zero attached hydrogens (tertiary/aromatic N) is 2. The zero-order valence-electron chi connectivity index (χ0n) is 19.5. The summed E-state index contributed by atoms with van der Waals surface area (Å²) in [4.78, 5) is 27.6. The Morgan fingerprint density at radius 1 is 1.12 bits per heavy atom. The van der Waals surface area contributed by atoms with Crippen molar-refractivity contribution in [3.63, 3.8) is 0 Å². The molecule has 2 unspecified atom stereocenters. The van der Waals surface area contributed by atoms with Gasteiger partial charge < -0.3 is 19.7 Å². The van der Waals surface area contributed by atoms with Gasteiger partial charge in [0.2, 0.25) is 5.91 Å². The SMILES string of the molecule is COc1cc(C#N)ccc1OCCCC(=O)Nc1ccccc1C(=O)N1CC(C)CC(C)C1. The van der Waals surface area contributed by atoms with E-state index in [0.29, 0.717) is 53.2 Å². The second kappa shape index (κ2) is 11.4. The van der Waals surface area contributed by atoms with Gasteiger partial charge in [0.1, 0.15) is 0 Å². The lowest BCUT2D eigenvalue weighted by molar-refractivity contribution is -0.116. The maximum atomic E-state index is 13.1. The van der Waals surface area contributed by atoms with Crippen LogP contribution in [0.5, 0.6) is 11.5 Å². The van der Waals surface area contributed by atoms with Gasteiger partial charge in [0.25, 0.3) is 5.91 Å². The molecule has 0 saturated carbocycles. The van der Waals surface area contributed by atoms with Gasteiger partial charge in [-0.05, 0) is 48.9 Å². The number of amides is 2. The normalized spacial score (nSPS) is 17.7. The van der Waals surface area contributed by atoms with Crippen molar-refractivity contribution in [2.24, 2.45) is 11.8 Å². The summed E-state index contributed by atoms with van der Waals surface area (Å²) in [5.74, 6) is 1.72. The van der Waals surface area contributed by atoms with Crippen molar-refractivity contribution in [1.82, 2.24) is 4.90 Å². The smallest absolute Gasteiger partial charge is 0.255 e. The number of benzene rings is 2. The van der Waals surface area contributed by atoms with Crippen LogP contribution in [0.3, 0.4) is 0 Å². The van der Waals surface area contributed by atoms with E-state index in [1.807, 2.05) is 17.0 Å². The summed E-state index contributed by atoms with van der Waals surface area (Å²) >= 11 is 0. The molecule has 0 aromatic heterocycles. The van der Waals surface area contributed by atoms with Gasteiger partial charge in [-0.2, -0.15) is 5.26 Å². The molecular formula is C26H31N3O4. The number of carbonyl (C=O) groups excluding carboxylic acids is 2. The van der Waals surface area contributed by atoms with E-state index < -0.39 is 0 Å². The van der Waals surface area contributed by atoms with Crippen molar-refractivity contribution < 1.29 is 19.1 Å². The summed E-state index contributed by atoms with van der Waals surface area (Å²) in [6.07, 6.45) is 1.86. The van der Waals surface area contributed by atoms with Gasteiger partial charge in [-0.25, -0.2) is 0 Å². The number of para-hydroxylation sites is 1. The molecule has 1 heterocycles. The highest BCUT2D eigenvalue weighted by molar-refractivity contribution is 6.03. The predicted molar refractivity (Wildman–Crippen MR) is 126 cm³/mol. The van der Waals surface area contributed by atoms with Gasteiger partial charge in [-0.3, -0.25) is 9.59 Å². The molecule has 0 radical (unpaired) electrons. The van der Waals surface area contributed by atoms with Gasteiger partial charge >= 0.3 is 0 Å². The molecule has 2 atom stereocenters. The van der Waals surface area contributed by atoms with Crippen LogP contribution < -0.4 is 14.8 Å². The third-order valence-corrected chi connectivity index (χ3v) is 5.69. The van der Waals surface area contributed by atoms with Gasteiger partial charge in [0.15, 0.2) is 11.5 Å². The number of carbonyl (C=O) groups is 2. The molecular weight excluding hydrogens is 418 g/mol. The molecule has 1 aliphatic rings. The van der Waals surface area contributed by atoms with E-state index in [1.165, 1.54) is 7.11 Å². The van der Waals surface area contributed by atoms with Crippen molar-refractivity contribution >= 4 is 17.5 Å². The fraction of sp³-hybridized carbons (Fsp3) is 0.423. The van der Waals surface area contributed by atoms with Gasteiger partial charge in [0.05, 0.1) is 36.6 Å². The molecule has 7 heteroatoms. The topological polar surface area (TPSA) is 91.7 Å². The van der Waals surface area contributed by atoms with Crippen LogP contribution in [-0.2, 0) is 4.79 Å². The first-order chi connectivity index (χ1) is 15.9. The third kappa shape index (κ3) is 6.48. The summed E-state index contributed by atoms with van der Waals surface area (Å²) < 4.78 is 11.0. The molecule has 3 rings (SSSR count).